The summed E-state index contributed by atoms with van der Waals surface area (Å²) in [4.78, 5) is 4.43. The number of aryl methyl sites for hydroxylation is 1. The Kier molecular flexibility index (Phi) is 5.15. The van der Waals surface area contributed by atoms with E-state index in [2.05, 4.69) is 28.7 Å². The first-order valence-corrected chi connectivity index (χ1v) is 7.24. The SMILES string of the molecule is CCCNC(c1ccc(F)c(Cl)c1)c1nccn1CC. The van der Waals surface area contributed by atoms with Crippen LogP contribution in [0.15, 0.2) is 30.6 Å². The molecule has 1 aromatic heterocycles. The van der Waals surface area contributed by atoms with Crippen molar-refractivity contribution in [3.05, 3.63) is 52.8 Å². The monoisotopic (exact) mass is 295 g/mol. The molecule has 0 spiro atoms. The Balaban J connectivity index is 2.38. The van der Waals surface area contributed by atoms with Crippen LogP contribution in [-0.2, 0) is 6.54 Å². The number of rotatable bonds is 6. The van der Waals surface area contributed by atoms with Gasteiger partial charge in [-0.3, -0.25) is 0 Å². The van der Waals surface area contributed by atoms with Crippen molar-refractivity contribution in [2.45, 2.75) is 32.9 Å². The number of aromatic nitrogens is 2. The molecule has 0 aliphatic heterocycles. The van der Waals surface area contributed by atoms with Crippen LogP contribution in [0.5, 0.6) is 0 Å². The molecule has 1 heterocycles. The van der Waals surface area contributed by atoms with Gasteiger partial charge in [-0.25, -0.2) is 9.37 Å². The number of hydrogen-bond acceptors (Lipinski definition) is 2. The van der Waals surface area contributed by atoms with E-state index in [4.69, 9.17) is 11.6 Å². The molecule has 0 saturated carbocycles. The Morgan fingerprint density at radius 2 is 2.20 bits per heavy atom. The zero-order valence-corrected chi connectivity index (χ0v) is 12.5. The maximum atomic E-state index is 13.3. The van der Waals surface area contributed by atoms with Crippen molar-refractivity contribution in [2.75, 3.05) is 6.54 Å². The van der Waals surface area contributed by atoms with Crippen LogP contribution in [0.3, 0.4) is 0 Å². The number of imidazole rings is 1. The predicted octanol–water partition coefficient (Wildman–Crippen LogP) is 3.78. The van der Waals surface area contributed by atoms with E-state index < -0.39 is 5.82 Å². The fourth-order valence-electron chi connectivity index (χ4n) is 2.19. The van der Waals surface area contributed by atoms with Crippen LogP contribution in [-0.4, -0.2) is 16.1 Å². The minimum absolute atomic E-state index is 0.0806. The highest BCUT2D eigenvalue weighted by atomic mass is 35.5. The Labute approximate surface area is 123 Å². The van der Waals surface area contributed by atoms with Gasteiger partial charge in [-0.05, 0) is 37.6 Å². The molecule has 1 aromatic carbocycles. The van der Waals surface area contributed by atoms with E-state index >= 15 is 0 Å². The van der Waals surface area contributed by atoms with Crippen molar-refractivity contribution >= 4 is 11.6 Å². The number of nitrogens with one attached hydrogen (secondary N) is 1. The topological polar surface area (TPSA) is 29.9 Å². The lowest BCUT2D eigenvalue weighted by atomic mass is 10.1. The molecule has 0 amide bonds. The zero-order valence-electron chi connectivity index (χ0n) is 11.7. The van der Waals surface area contributed by atoms with Crippen molar-refractivity contribution in [3.63, 3.8) is 0 Å². The third-order valence-corrected chi connectivity index (χ3v) is 3.51. The smallest absolute Gasteiger partial charge is 0.141 e. The standard InChI is InChI=1S/C15H19ClFN3/c1-3-7-18-14(15-19-8-9-20(15)4-2)11-5-6-13(17)12(16)10-11/h5-6,8-10,14,18H,3-4,7H2,1-2H3. The van der Waals surface area contributed by atoms with Crippen LogP contribution in [0.4, 0.5) is 4.39 Å². The van der Waals surface area contributed by atoms with Crippen LogP contribution in [0, 0.1) is 5.82 Å². The van der Waals surface area contributed by atoms with Gasteiger partial charge in [0.15, 0.2) is 0 Å². The van der Waals surface area contributed by atoms with Gasteiger partial charge >= 0.3 is 0 Å². The third-order valence-electron chi connectivity index (χ3n) is 3.22. The fourth-order valence-corrected chi connectivity index (χ4v) is 2.38. The largest absolute Gasteiger partial charge is 0.334 e. The second kappa shape index (κ2) is 6.86. The average Bonchev–Trinajstić information content (AvgIpc) is 2.91. The molecule has 108 valence electrons. The summed E-state index contributed by atoms with van der Waals surface area (Å²) in [7, 11) is 0. The van der Waals surface area contributed by atoms with Gasteiger partial charge in [0.2, 0.25) is 0 Å². The van der Waals surface area contributed by atoms with E-state index in [1.54, 1.807) is 18.3 Å². The third kappa shape index (κ3) is 3.19. The highest BCUT2D eigenvalue weighted by molar-refractivity contribution is 6.30. The van der Waals surface area contributed by atoms with Crippen LogP contribution in [0.1, 0.15) is 37.7 Å². The molecule has 0 bridgehead atoms. The molecule has 5 heteroatoms. The van der Waals surface area contributed by atoms with Crippen molar-refractivity contribution < 1.29 is 4.39 Å². The zero-order chi connectivity index (χ0) is 14.5. The Hall–Kier alpha value is -1.39. The molecule has 0 saturated heterocycles. The second-order valence-corrected chi connectivity index (χ2v) is 5.04. The molecule has 2 rings (SSSR count). The lowest BCUT2D eigenvalue weighted by Gasteiger charge is -2.20. The summed E-state index contributed by atoms with van der Waals surface area (Å²) in [5.41, 5.74) is 0.922. The van der Waals surface area contributed by atoms with E-state index in [0.717, 1.165) is 30.9 Å². The lowest BCUT2D eigenvalue weighted by Crippen LogP contribution is -2.26. The number of benzene rings is 1. The molecule has 0 fully saturated rings. The Bertz CT molecular complexity index is 568. The molecule has 1 atom stereocenters. The minimum Gasteiger partial charge on any atom is -0.334 e. The van der Waals surface area contributed by atoms with Crippen LogP contribution in [0.25, 0.3) is 0 Å². The van der Waals surface area contributed by atoms with Gasteiger partial charge in [-0.15, -0.1) is 0 Å². The summed E-state index contributed by atoms with van der Waals surface area (Å²) >= 11 is 5.90. The summed E-state index contributed by atoms with van der Waals surface area (Å²) in [5, 5.41) is 3.58. The first-order chi connectivity index (χ1) is 9.67. The Morgan fingerprint density at radius 1 is 1.40 bits per heavy atom. The highest BCUT2D eigenvalue weighted by Crippen LogP contribution is 2.25. The summed E-state index contributed by atoms with van der Waals surface area (Å²) in [6, 6.07) is 4.74. The Morgan fingerprint density at radius 3 is 2.85 bits per heavy atom. The van der Waals surface area contributed by atoms with E-state index in [9.17, 15) is 4.39 Å². The van der Waals surface area contributed by atoms with Crippen molar-refractivity contribution in [3.8, 4) is 0 Å². The summed E-state index contributed by atoms with van der Waals surface area (Å²) < 4.78 is 15.4. The minimum atomic E-state index is -0.400. The first kappa shape index (κ1) is 15.0. The van der Waals surface area contributed by atoms with Crippen molar-refractivity contribution in [2.24, 2.45) is 0 Å². The molecule has 3 nitrogen and oxygen atoms in total. The van der Waals surface area contributed by atoms with Crippen molar-refractivity contribution in [1.29, 1.82) is 0 Å². The number of hydrogen-bond donors (Lipinski definition) is 1. The maximum Gasteiger partial charge on any atom is 0.141 e. The molecule has 0 aliphatic carbocycles. The van der Waals surface area contributed by atoms with Gasteiger partial charge in [0.1, 0.15) is 11.6 Å². The van der Waals surface area contributed by atoms with Gasteiger partial charge in [0.05, 0.1) is 11.1 Å². The van der Waals surface area contributed by atoms with E-state index in [1.165, 1.54) is 6.07 Å². The summed E-state index contributed by atoms with van der Waals surface area (Å²) in [5.74, 6) is 0.520. The summed E-state index contributed by atoms with van der Waals surface area (Å²) in [6.45, 7) is 5.87. The number of halogens is 2. The molecular formula is C15H19ClFN3. The quantitative estimate of drug-likeness (QED) is 0.879. The van der Waals surface area contributed by atoms with Crippen molar-refractivity contribution in [1.82, 2.24) is 14.9 Å². The molecule has 20 heavy (non-hydrogen) atoms. The van der Waals surface area contributed by atoms with Crippen LogP contribution < -0.4 is 5.32 Å². The van der Waals surface area contributed by atoms with Crippen LogP contribution >= 0.6 is 11.6 Å². The van der Waals surface area contributed by atoms with Crippen LogP contribution in [0.2, 0.25) is 5.02 Å². The van der Waals surface area contributed by atoms with Gasteiger partial charge < -0.3 is 9.88 Å². The molecule has 2 aromatic rings. The first-order valence-electron chi connectivity index (χ1n) is 6.86. The van der Waals surface area contributed by atoms with Gasteiger partial charge in [0.25, 0.3) is 0 Å². The second-order valence-electron chi connectivity index (χ2n) is 4.63. The average molecular weight is 296 g/mol. The normalized spacial score (nSPS) is 12.6. The highest BCUT2D eigenvalue weighted by Gasteiger charge is 2.19. The number of nitrogens with zero attached hydrogens (tertiary/aromatic N) is 2. The van der Waals surface area contributed by atoms with E-state index in [-0.39, 0.29) is 11.1 Å². The van der Waals surface area contributed by atoms with E-state index in [1.807, 2.05) is 6.20 Å². The van der Waals surface area contributed by atoms with E-state index in [0.29, 0.717) is 0 Å². The summed E-state index contributed by atoms with van der Waals surface area (Å²) in [6.07, 6.45) is 4.74. The fraction of sp³-hybridized carbons (Fsp3) is 0.400. The molecule has 0 aliphatic rings. The van der Waals surface area contributed by atoms with Gasteiger partial charge in [0, 0.05) is 18.9 Å². The predicted molar refractivity (Wildman–Crippen MR) is 79.4 cm³/mol. The molecule has 1 unspecified atom stereocenters. The molecule has 1 N–H and O–H groups in total. The van der Waals surface area contributed by atoms with Gasteiger partial charge in [-0.2, -0.15) is 0 Å². The molecular weight excluding hydrogens is 277 g/mol. The molecule has 0 radical (unpaired) electrons. The lowest BCUT2D eigenvalue weighted by molar-refractivity contribution is 0.540. The maximum absolute atomic E-state index is 13.3. The van der Waals surface area contributed by atoms with Gasteiger partial charge in [-0.1, -0.05) is 24.6 Å².